The fourth-order valence-electron chi connectivity index (χ4n) is 1.81. The monoisotopic (exact) mass is 304 g/mol. The number of hydrogen-bond acceptors (Lipinski definition) is 3. The van der Waals surface area contributed by atoms with Crippen LogP contribution >= 0.6 is 0 Å². The summed E-state index contributed by atoms with van der Waals surface area (Å²) in [5.41, 5.74) is 5.18. The number of nitrogen functional groups attached to an aromatic ring is 1. The lowest BCUT2D eigenvalue weighted by atomic mass is 10.2. The van der Waals surface area contributed by atoms with Crippen LogP contribution < -0.4 is 11.1 Å². The van der Waals surface area contributed by atoms with Crippen molar-refractivity contribution in [2.24, 2.45) is 0 Å². The largest absolute Gasteiger partial charge is 0.399 e. The number of anilines is 1. The van der Waals surface area contributed by atoms with Crippen LogP contribution in [0.25, 0.3) is 0 Å². The van der Waals surface area contributed by atoms with Gasteiger partial charge in [0.1, 0.15) is 22.3 Å². The zero-order valence-corrected chi connectivity index (χ0v) is 12.2. The van der Waals surface area contributed by atoms with Gasteiger partial charge in [-0.25, -0.2) is 8.78 Å². The predicted molar refractivity (Wildman–Crippen MR) is 74.6 cm³/mol. The molecule has 1 aromatic carbocycles. The van der Waals surface area contributed by atoms with Gasteiger partial charge >= 0.3 is 0 Å². The Morgan fingerprint density at radius 1 is 1.40 bits per heavy atom. The van der Waals surface area contributed by atoms with E-state index in [0.717, 1.165) is 25.0 Å². The Bertz CT molecular complexity index is 500. The van der Waals surface area contributed by atoms with Gasteiger partial charge in [-0.2, -0.15) is 0 Å². The first-order chi connectivity index (χ1) is 9.35. The number of nitrogens with one attached hydrogen (secondary N) is 1. The SMILES string of the molecule is CCCC(C)NC(=O)CS(=O)c1c(F)cc(N)cc1F. The molecule has 112 valence electrons. The lowest BCUT2D eigenvalue weighted by Crippen LogP contribution is -2.35. The van der Waals surface area contributed by atoms with E-state index in [1.165, 1.54) is 0 Å². The van der Waals surface area contributed by atoms with E-state index in [1.54, 1.807) is 0 Å². The van der Waals surface area contributed by atoms with Crippen molar-refractivity contribution in [1.29, 1.82) is 0 Å². The standard InChI is InChI=1S/C13H18F2N2O2S/c1-3-4-8(2)17-12(18)7-20(19)13-10(14)5-9(16)6-11(13)15/h5-6,8H,3-4,7,16H2,1-2H3,(H,17,18). The van der Waals surface area contributed by atoms with E-state index in [4.69, 9.17) is 5.73 Å². The van der Waals surface area contributed by atoms with E-state index >= 15 is 0 Å². The van der Waals surface area contributed by atoms with Crippen molar-refractivity contribution < 1.29 is 17.8 Å². The number of nitrogens with two attached hydrogens (primary N) is 1. The lowest BCUT2D eigenvalue weighted by molar-refractivity contribution is -0.119. The molecular formula is C13H18F2N2O2S. The third kappa shape index (κ3) is 4.56. The van der Waals surface area contributed by atoms with Crippen LogP contribution in [0.2, 0.25) is 0 Å². The van der Waals surface area contributed by atoms with Crippen LogP contribution in [0, 0.1) is 11.6 Å². The third-order valence-corrected chi connectivity index (χ3v) is 4.01. The van der Waals surface area contributed by atoms with Gasteiger partial charge in [-0.1, -0.05) is 13.3 Å². The summed E-state index contributed by atoms with van der Waals surface area (Å²) in [6.45, 7) is 3.79. The van der Waals surface area contributed by atoms with Crippen LogP contribution in [0.1, 0.15) is 26.7 Å². The van der Waals surface area contributed by atoms with Crippen LogP contribution in [0.3, 0.4) is 0 Å². The summed E-state index contributed by atoms with van der Waals surface area (Å²) in [6.07, 6.45) is 1.68. The smallest absolute Gasteiger partial charge is 0.233 e. The van der Waals surface area contributed by atoms with Gasteiger partial charge in [0.2, 0.25) is 5.91 Å². The molecule has 1 aromatic rings. The summed E-state index contributed by atoms with van der Waals surface area (Å²) in [4.78, 5) is 11.0. The molecule has 0 fully saturated rings. The molecule has 0 aliphatic rings. The highest BCUT2D eigenvalue weighted by atomic mass is 32.2. The Kier molecular flexibility index (Phi) is 6.06. The summed E-state index contributed by atoms with van der Waals surface area (Å²) < 4.78 is 39.0. The highest BCUT2D eigenvalue weighted by molar-refractivity contribution is 7.85. The van der Waals surface area contributed by atoms with E-state index in [2.05, 4.69) is 5.32 Å². The molecule has 1 amide bonds. The fourth-order valence-corrected chi connectivity index (χ4v) is 2.83. The minimum atomic E-state index is -2.08. The molecule has 0 aromatic heterocycles. The van der Waals surface area contributed by atoms with Crippen LogP contribution in [-0.2, 0) is 15.6 Å². The minimum Gasteiger partial charge on any atom is -0.399 e. The minimum absolute atomic E-state index is 0.0642. The quantitative estimate of drug-likeness (QED) is 0.789. The van der Waals surface area contributed by atoms with Gasteiger partial charge in [-0.3, -0.25) is 9.00 Å². The molecular weight excluding hydrogens is 286 g/mol. The molecule has 0 bridgehead atoms. The molecule has 0 saturated heterocycles. The highest BCUT2D eigenvalue weighted by Gasteiger charge is 2.20. The fraction of sp³-hybridized carbons (Fsp3) is 0.462. The first kappa shape index (κ1) is 16.6. The van der Waals surface area contributed by atoms with Gasteiger partial charge in [0.15, 0.2) is 0 Å². The molecule has 0 spiro atoms. The Morgan fingerprint density at radius 2 is 1.95 bits per heavy atom. The summed E-state index contributed by atoms with van der Waals surface area (Å²) in [7, 11) is -2.08. The second-order valence-electron chi connectivity index (χ2n) is 4.56. The van der Waals surface area contributed by atoms with Crippen molar-refractivity contribution in [2.75, 3.05) is 11.5 Å². The first-order valence-electron chi connectivity index (χ1n) is 6.27. The maximum Gasteiger partial charge on any atom is 0.233 e. The van der Waals surface area contributed by atoms with Gasteiger partial charge in [-0.05, 0) is 25.5 Å². The highest BCUT2D eigenvalue weighted by Crippen LogP contribution is 2.20. The second kappa shape index (κ2) is 7.33. The topological polar surface area (TPSA) is 72.2 Å². The summed E-state index contributed by atoms with van der Waals surface area (Å²) >= 11 is 0. The van der Waals surface area contributed by atoms with Gasteiger partial charge < -0.3 is 11.1 Å². The molecule has 0 radical (unpaired) electrons. The summed E-state index contributed by atoms with van der Waals surface area (Å²) in [5, 5.41) is 2.63. The Hall–Kier alpha value is -1.50. The van der Waals surface area contributed by atoms with Gasteiger partial charge in [-0.15, -0.1) is 0 Å². The van der Waals surface area contributed by atoms with Crippen LogP contribution in [0.4, 0.5) is 14.5 Å². The summed E-state index contributed by atoms with van der Waals surface area (Å²) in [5.74, 6) is -2.99. The zero-order valence-electron chi connectivity index (χ0n) is 11.4. The maximum atomic E-state index is 13.6. The molecule has 3 N–H and O–H groups in total. The van der Waals surface area contributed by atoms with Crippen molar-refractivity contribution in [3.05, 3.63) is 23.8 Å². The van der Waals surface area contributed by atoms with Crippen molar-refractivity contribution in [3.8, 4) is 0 Å². The number of hydrogen-bond donors (Lipinski definition) is 2. The van der Waals surface area contributed by atoms with Crippen molar-refractivity contribution in [2.45, 2.75) is 37.6 Å². The molecule has 0 aliphatic heterocycles. The van der Waals surface area contributed by atoms with E-state index in [-0.39, 0.29) is 11.7 Å². The Morgan fingerprint density at radius 3 is 2.45 bits per heavy atom. The van der Waals surface area contributed by atoms with Crippen molar-refractivity contribution in [3.63, 3.8) is 0 Å². The number of rotatable bonds is 6. The van der Waals surface area contributed by atoms with Crippen molar-refractivity contribution >= 4 is 22.4 Å². The molecule has 1 rings (SSSR count). The van der Waals surface area contributed by atoms with Crippen LogP contribution in [0.5, 0.6) is 0 Å². The number of carbonyl (C=O) groups excluding carboxylic acids is 1. The van der Waals surface area contributed by atoms with E-state index in [1.807, 2.05) is 13.8 Å². The number of benzene rings is 1. The van der Waals surface area contributed by atoms with Crippen molar-refractivity contribution in [1.82, 2.24) is 5.32 Å². The molecule has 0 heterocycles. The Labute approximate surface area is 119 Å². The van der Waals surface area contributed by atoms with E-state index < -0.39 is 39.0 Å². The average molecular weight is 304 g/mol. The summed E-state index contributed by atoms with van der Waals surface area (Å²) in [6, 6.07) is 1.70. The zero-order chi connectivity index (χ0) is 15.3. The van der Waals surface area contributed by atoms with Gasteiger partial charge in [0, 0.05) is 11.7 Å². The molecule has 4 nitrogen and oxygen atoms in total. The number of amides is 1. The molecule has 2 atom stereocenters. The molecule has 2 unspecified atom stereocenters. The predicted octanol–water partition coefficient (Wildman–Crippen LogP) is 1.96. The average Bonchev–Trinajstić information content (AvgIpc) is 2.26. The molecule has 20 heavy (non-hydrogen) atoms. The number of carbonyl (C=O) groups is 1. The molecule has 7 heteroatoms. The van der Waals surface area contributed by atoms with Gasteiger partial charge in [0.05, 0.1) is 10.8 Å². The molecule has 0 saturated carbocycles. The van der Waals surface area contributed by atoms with Crippen LogP contribution in [-0.4, -0.2) is 21.9 Å². The van der Waals surface area contributed by atoms with E-state index in [0.29, 0.717) is 0 Å². The van der Waals surface area contributed by atoms with Gasteiger partial charge in [0.25, 0.3) is 0 Å². The lowest BCUT2D eigenvalue weighted by Gasteiger charge is -2.12. The van der Waals surface area contributed by atoms with Crippen LogP contribution in [0.15, 0.2) is 17.0 Å². The first-order valence-corrected chi connectivity index (χ1v) is 7.59. The maximum absolute atomic E-state index is 13.6. The Balaban J connectivity index is 2.75. The second-order valence-corrected chi connectivity index (χ2v) is 5.95. The number of halogens is 2. The molecule has 0 aliphatic carbocycles. The van der Waals surface area contributed by atoms with E-state index in [9.17, 15) is 17.8 Å². The normalized spacial score (nSPS) is 13.8. The third-order valence-electron chi connectivity index (χ3n) is 2.64.